The lowest BCUT2D eigenvalue weighted by Gasteiger charge is -2.32. The van der Waals surface area contributed by atoms with Crippen molar-refractivity contribution >= 4 is 23.0 Å². The van der Waals surface area contributed by atoms with Crippen LogP contribution in [0.15, 0.2) is 42.5 Å². The Morgan fingerprint density at radius 2 is 1.81 bits per heavy atom. The molecule has 2 aromatic carbocycles. The number of carbonyl (C=O) groups excluding carboxylic acids is 1. The van der Waals surface area contributed by atoms with Gasteiger partial charge in [0.15, 0.2) is 0 Å². The van der Waals surface area contributed by atoms with Crippen molar-refractivity contribution in [3.8, 4) is 0 Å². The topological polar surface area (TPSA) is 75.5 Å². The predicted molar refractivity (Wildman–Crippen MR) is 103 cm³/mol. The van der Waals surface area contributed by atoms with Gasteiger partial charge in [-0.1, -0.05) is 19.1 Å². The third-order valence-corrected chi connectivity index (χ3v) is 4.94. The third kappa shape index (κ3) is 3.85. The van der Waals surface area contributed by atoms with Gasteiger partial charge in [0.25, 0.3) is 11.6 Å². The molecule has 0 radical (unpaired) electrons. The van der Waals surface area contributed by atoms with Crippen LogP contribution < -0.4 is 10.2 Å². The van der Waals surface area contributed by atoms with E-state index in [1.807, 2.05) is 24.3 Å². The Kier molecular flexibility index (Phi) is 5.21. The molecule has 0 atom stereocenters. The summed E-state index contributed by atoms with van der Waals surface area (Å²) in [5.74, 6) is 0.301. The average Bonchev–Trinajstić information content (AvgIpc) is 2.62. The molecule has 1 amide bonds. The lowest BCUT2D eigenvalue weighted by atomic mass is 9.99. The van der Waals surface area contributed by atoms with Crippen LogP contribution in [-0.4, -0.2) is 23.9 Å². The minimum Gasteiger partial charge on any atom is -0.372 e. The lowest BCUT2D eigenvalue weighted by Crippen LogP contribution is -2.32. The zero-order valence-electron chi connectivity index (χ0n) is 15.1. The highest BCUT2D eigenvalue weighted by molar-refractivity contribution is 6.07. The van der Waals surface area contributed by atoms with E-state index in [2.05, 4.69) is 17.1 Å². The molecule has 136 valence electrons. The van der Waals surface area contributed by atoms with E-state index in [9.17, 15) is 14.9 Å². The lowest BCUT2D eigenvalue weighted by molar-refractivity contribution is -0.385. The normalized spacial score (nSPS) is 14.9. The van der Waals surface area contributed by atoms with Crippen LogP contribution >= 0.6 is 0 Å². The molecule has 0 spiro atoms. The first-order valence-corrected chi connectivity index (χ1v) is 8.86. The Bertz CT molecular complexity index is 810. The van der Waals surface area contributed by atoms with E-state index in [0.717, 1.165) is 24.7 Å². The number of rotatable bonds is 4. The maximum absolute atomic E-state index is 12.5. The van der Waals surface area contributed by atoms with Crippen molar-refractivity contribution in [1.82, 2.24) is 0 Å². The van der Waals surface area contributed by atoms with Crippen molar-refractivity contribution in [3.05, 3.63) is 63.7 Å². The number of nitro benzene ring substituents is 1. The van der Waals surface area contributed by atoms with Gasteiger partial charge < -0.3 is 10.2 Å². The fraction of sp³-hybridized carbons (Fsp3) is 0.350. The fourth-order valence-electron chi connectivity index (χ4n) is 3.31. The molecule has 1 fully saturated rings. The molecule has 0 aromatic heterocycles. The maximum Gasteiger partial charge on any atom is 0.285 e. The van der Waals surface area contributed by atoms with E-state index < -0.39 is 10.8 Å². The van der Waals surface area contributed by atoms with Gasteiger partial charge in [-0.3, -0.25) is 14.9 Å². The Morgan fingerprint density at radius 3 is 2.42 bits per heavy atom. The highest BCUT2D eigenvalue weighted by Gasteiger charge is 2.22. The van der Waals surface area contributed by atoms with Crippen molar-refractivity contribution in [2.45, 2.75) is 26.7 Å². The molecule has 3 rings (SSSR count). The number of piperidine rings is 1. The highest BCUT2D eigenvalue weighted by Crippen LogP contribution is 2.26. The predicted octanol–water partition coefficient (Wildman–Crippen LogP) is 4.39. The number of amides is 1. The standard InChI is InChI=1S/C20H23N3O3/c1-14-10-12-22(13-11-14)17-8-6-16(7-9-17)21-20(24)18-5-3-4-15(2)19(18)23(25)26/h3-9,14H,10-13H2,1-2H3,(H,21,24). The second kappa shape index (κ2) is 7.56. The average molecular weight is 353 g/mol. The van der Waals surface area contributed by atoms with Crippen molar-refractivity contribution < 1.29 is 9.72 Å². The Labute approximate surface area is 153 Å². The molecular formula is C20H23N3O3. The molecule has 1 aliphatic heterocycles. The molecular weight excluding hydrogens is 330 g/mol. The van der Waals surface area contributed by atoms with Crippen LogP contribution in [0.1, 0.15) is 35.7 Å². The zero-order valence-corrected chi connectivity index (χ0v) is 15.1. The van der Waals surface area contributed by atoms with Gasteiger partial charge in [-0.2, -0.15) is 0 Å². The molecule has 26 heavy (non-hydrogen) atoms. The summed E-state index contributed by atoms with van der Waals surface area (Å²) in [5, 5.41) is 14.0. The van der Waals surface area contributed by atoms with Crippen LogP contribution in [0.5, 0.6) is 0 Å². The summed E-state index contributed by atoms with van der Waals surface area (Å²) in [6.07, 6.45) is 2.38. The second-order valence-electron chi connectivity index (χ2n) is 6.90. The number of para-hydroxylation sites is 1. The number of hydrogen-bond donors (Lipinski definition) is 1. The van der Waals surface area contributed by atoms with E-state index in [1.165, 1.54) is 18.9 Å². The smallest absolute Gasteiger partial charge is 0.285 e. The van der Waals surface area contributed by atoms with E-state index in [-0.39, 0.29) is 11.3 Å². The van der Waals surface area contributed by atoms with Gasteiger partial charge >= 0.3 is 0 Å². The number of nitrogens with one attached hydrogen (secondary N) is 1. The van der Waals surface area contributed by atoms with Gasteiger partial charge in [0, 0.05) is 30.0 Å². The largest absolute Gasteiger partial charge is 0.372 e. The highest BCUT2D eigenvalue weighted by atomic mass is 16.6. The second-order valence-corrected chi connectivity index (χ2v) is 6.90. The van der Waals surface area contributed by atoms with Crippen LogP contribution in [0.3, 0.4) is 0 Å². The Hall–Kier alpha value is -2.89. The Balaban J connectivity index is 1.73. The van der Waals surface area contributed by atoms with E-state index in [4.69, 9.17) is 0 Å². The number of nitro groups is 1. The molecule has 1 heterocycles. The zero-order chi connectivity index (χ0) is 18.7. The first-order valence-electron chi connectivity index (χ1n) is 8.86. The van der Waals surface area contributed by atoms with Gasteiger partial charge in [-0.05, 0) is 56.0 Å². The first kappa shape index (κ1) is 17.9. The van der Waals surface area contributed by atoms with E-state index in [0.29, 0.717) is 11.3 Å². The summed E-state index contributed by atoms with van der Waals surface area (Å²) in [5.41, 5.74) is 2.15. The van der Waals surface area contributed by atoms with Crippen molar-refractivity contribution in [2.75, 3.05) is 23.3 Å². The summed E-state index contributed by atoms with van der Waals surface area (Å²) in [6.45, 7) is 5.99. The molecule has 0 unspecified atom stereocenters. The minimum atomic E-state index is -0.509. The minimum absolute atomic E-state index is 0.0732. The maximum atomic E-state index is 12.5. The van der Waals surface area contributed by atoms with Gasteiger partial charge in [-0.25, -0.2) is 0 Å². The number of carbonyl (C=O) groups is 1. The summed E-state index contributed by atoms with van der Waals surface area (Å²) in [6, 6.07) is 12.4. The molecule has 1 saturated heterocycles. The van der Waals surface area contributed by atoms with Gasteiger partial charge in [-0.15, -0.1) is 0 Å². The molecule has 2 aromatic rings. The molecule has 0 bridgehead atoms. The fourth-order valence-corrected chi connectivity index (χ4v) is 3.31. The molecule has 0 aliphatic carbocycles. The summed E-state index contributed by atoms with van der Waals surface area (Å²) >= 11 is 0. The summed E-state index contributed by atoms with van der Waals surface area (Å²) in [4.78, 5) is 25.6. The molecule has 1 N–H and O–H groups in total. The van der Waals surface area contributed by atoms with Crippen molar-refractivity contribution in [3.63, 3.8) is 0 Å². The number of benzene rings is 2. The Morgan fingerprint density at radius 1 is 1.15 bits per heavy atom. The van der Waals surface area contributed by atoms with Crippen molar-refractivity contribution in [1.29, 1.82) is 0 Å². The van der Waals surface area contributed by atoms with Gasteiger partial charge in [0.05, 0.1) is 4.92 Å². The van der Waals surface area contributed by atoms with Crippen LogP contribution in [0, 0.1) is 23.0 Å². The summed E-state index contributed by atoms with van der Waals surface area (Å²) < 4.78 is 0. The SMILES string of the molecule is Cc1cccc(C(=O)Nc2ccc(N3CCC(C)CC3)cc2)c1[N+](=O)[O-]. The number of hydrogen-bond acceptors (Lipinski definition) is 4. The molecule has 1 aliphatic rings. The van der Waals surface area contributed by atoms with Crippen LogP contribution in [0.2, 0.25) is 0 Å². The molecule has 6 heteroatoms. The molecule has 0 saturated carbocycles. The van der Waals surface area contributed by atoms with Gasteiger partial charge in [0.1, 0.15) is 5.56 Å². The van der Waals surface area contributed by atoms with E-state index >= 15 is 0 Å². The van der Waals surface area contributed by atoms with Gasteiger partial charge in [0.2, 0.25) is 0 Å². The third-order valence-electron chi connectivity index (χ3n) is 4.94. The monoisotopic (exact) mass is 353 g/mol. The van der Waals surface area contributed by atoms with Crippen LogP contribution in [-0.2, 0) is 0 Å². The first-order chi connectivity index (χ1) is 12.5. The number of aryl methyl sites for hydroxylation is 1. The molecule has 6 nitrogen and oxygen atoms in total. The van der Waals surface area contributed by atoms with E-state index in [1.54, 1.807) is 19.1 Å². The number of anilines is 2. The van der Waals surface area contributed by atoms with Crippen molar-refractivity contribution in [2.24, 2.45) is 5.92 Å². The quantitative estimate of drug-likeness (QED) is 0.653. The van der Waals surface area contributed by atoms with Crippen LogP contribution in [0.4, 0.5) is 17.1 Å². The summed E-state index contributed by atoms with van der Waals surface area (Å²) in [7, 11) is 0. The van der Waals surface area contributed by atoms with Crippen LogP contribution in [0.25, 0.3) is 0 Å². The number of nitrogens with zero attached hydrogens (tertiary/aromatic N) is 2.